The van der Waals surface area contributed by atoms with Crippen LogP contribution in [0.25, 0.3) is 0 Å². The summed E-state index contributed by atoms with van der Waals surface area (Å²) in [7, 11) is 0. The number of aromatic nitrogens is 1. The van der Waals surface area contributed by atoms with Gasteiger partial charge >= 0.3 is 0 Å². The van der Waals surface area contributed by atoms with Crippen molar-refractivity contribution in [2.24, 2.45) is 0 Å². The minimum Gasteiger partial charge on any atom is -0.383 e. The van der Waals surface area contributed by atoms with E-state index in [0.29, 0.717) is 6.54 Å². The van der Waals surface area contributed by atoms with Gasteiger partial charge in [-0.15, -0.1) is 0 Å². The number of anilines is 2. The average molecular weight is 281 g/mol. The Morgan fingerprint density at radius 1 is 1.55 bits per heavy atom. The molecular formula is C12H19N5O3. The highest BCUT2D eigenvalue weighted by atomic mass is 16.6. The Hall–Kier alpha value is -2.38. The number of hydrogen-bond donors (Lipinski definition) is 3. The third-order valence-corrected chi connectivity index (χ3v) is 2.72. The Morgan fingerprint density at radius 3 is 2.85 bits per heavy atom. The number of nitrogens with one attached hydrogen (secondary N) is 2. The second-order valence-corrected chi connectivity index (χ2v) is 4.45. The Balaban J connectivity index is 2.50. The smallest absolute Gasteiger partial charge is 0.276 e. The second kappa shape index (κ2) is 7.27. The lowest BCUT2D eigenvalue weighted by molar-refractivity contribution is -0.384. The second-order valence-electron chi connectivity index (χ2n) is 4.45. The molecule has 110 valence electrons. The number of carbonyl (C=O) groups is 1. The quantitative estimate of drug-likeness (QED) is 0.511. The van der Waals surface area contributed by atoms with Crippen LogP contribution in [0.4, 0.5) is 17.3 Å². The summed E-state index contributed by atoms with van der Waals surface area (Å²) < 4.78 is 0. The first-order valence-electron chi connectivity index (χ1n) is 6.37. The zero-order valence-corrected chi connectivity index (χ0v) is 11.5. The molecule has 0 radical (unpaired) electrons. The highest BCUT2D eigenvalue weighted by Crippen LogP contribution is 2.18. The number of rotatable bonds is 7. The Kier molecular flexibility index (Phi) is 5.70. The molecule has 1 aromatic rings. The van der Waals surface area contributed by atoms with Crippen molar-refractivity contribution in [3.63, 3.8) is 0 Å². The Bertz CT molecular complexity index is 492. The van der Waals surface area contributed by atoms with Gasteiger partial charge in [0, 0.05) is 19.0 Å². The number of nitrogens with two attached hydrogens (primary N) is 1. The molecule has 0 saturated carbocycles. The van der Waals surface area contributed by atoms with Crippen molar-refractivity contribution in [2.75, 3.05) is 17.6 Å². The van der Waals surface area contributed by atoms with Gasteiger partial charge in [0.25, 0.3) is 5.69 Å². The van der Waals surface area contributed by atoms with E-state index in [1.54, 1.807) is 0 Å². The monoisotopic (exact) mass is 281 g/mol. The average Bonchev–Trinajstić information content (AvgIpc) is 2.37. The van der Waals surface area contributed by atoms with Crippen molar-refractivity contribution in [1.82, 2.24) is 10.3 Å². The summed E-state index contributed by atoms with van der Waals surface area (Å²) in [6.45, 7) is 4.24. The van der Waals surface area contributed by atoms with Crippen LogP contribution in [0.3, 0.4) is 0 Å². The van der Waals surface area contributed by atoms with Crippen molar-refractivity contribution >= 4 is 23.2 Å². The predicted molar refractivity (Wildman–Crippen MR) is 76.3 cm³/mol. The highest BCUT2D eigenvalue weighted by molar-refractivity contribution is 5.76. The molecule has 0 aliphatic rings. The fourth-order valence-electron chi connectivity index (χ4n) is 1.49. The molecule has 20 heavy (non-hydrogen) atoms. The van der Waals surface area contributed by atoms with E-state index in [9.17, 15) is 14.9 Å². The van der Waals surface area contributed by atoms with Crippen LogP contribution in [0.1, 0.15) is 26.7 Å². The summed E-state index contributed by atoms with van der Waals surface area (Å²) in [5.74, 6) is 0.268. The minimum absolute atomic E-state index is 0.0609. The molecule has 1 aromatic heterocycles. The van der Waals surface area contributed by atoms with Crippen molar-refractivity contribution in [3.05, 3.63) is 22.2 Å². The van der Waals surface area contributed by atoms with Gasteiger partial charge in [-0.2, -0.15) is 0 Å². The van der Waals surface area contributed by atoms with E-state index in [4.69, 9.17) is 5.73 Å². The number of nitrogens with zero attached hydrogens (tertiary/aromatic N) is 2. The van der Waals surface area contributed by atoms with Crippen molar-refractivity contribution in [1.29, 1.82) is 0 Å². The van der Waals surface area contributed by atoms with E-state index < -0.39 is 4.92 Å². The van der Waals surface area contributed by atoms with Crippen LogP contribution in [-0.4, -0.2) is 28.4 Å². The number of hydrogen-bond acceptors (Lipinski definition) is 6. The van der Waals surface area contributed by atoms with Crippen molar-refractivity contribution in [3.8, 4) is 0 Å². The van der Waals surface area contributed by atoms with Crippen LogP contribution in [-0.2, 0) is 4.79 Å². The molecule has 8 nitrogen and oxygen atoms in total. The molecule has 1 amide bonds. The van der Waals surface area contributed by atoms with E-state index in [2.05, 4.69) is 15.6 Å². The molecule has 0 fully saturated rings. The first-order valence-corrected chi connectivity index (χ1v) is 6.37. The number of nitrogen functional groups attached to an aromatic ring is 1. The van der Waals surface area contributed by atoms with Crippen molar-refractivity contribution in [2.45, 2.75) is 32.7 Å². The fourth-order valence-corrected chi connectivity index (χ4v) is 1.49. The lowest BCUT2D eigenvalue weighted by Gasteiger charge is -2.11. The number of nitro groups is 1. The molecule has 0 saturated heterocycles. The normalized spacial score (nSPS) is 11.7. The lowest BCUT2D eigenvalue weighted by Crippen LogP contribution is -2.33. The molecule has 1 rings (SSSR count). The summed E-state index contributed by atoms with van der Waals surface area (Å²) in [6, 6.07) is 2.60. The fraction of sp³-hybridized carbons (Fsp3) is 0.500. The topological polar surface area (TPSA) is 123 Å². The maximum atomic E-state index is 11.5. The maximum absolute atomic E-state index is 11.5. The Labute approximate surface area is 116 Å². The molecule has 0 bridgehead atoms. The van der Waals surface area contributed by atoms with Crippen LogP contribution in [0.5, 0.6) is 0 Å². The van der Waals surface area contributed by atoms with E-state index >= 15 is 0 Å². The molecule has 1 heterocycles. The van der Waals surface area contributed by atoms with Gasteiger partial charge < -0.3 is 16.4 Å². The summed E-state index contributed by atoms with van der Waals surface area (Å²) >= 11 is 0. The van der Waals surface area contributed by atoms with Crippen molar-refractivity contribution < 1.29 is 9.72 Å². The summed E-state index contributed by atoms with van der Waals surface area (Å²) in [5.41, 5.74) is 5.34. The minimum atomic E-state index is -0.543. The van der Waals surface area contributed by atoms with Gasteiger partial charge in [0.1, 0.15) is 11.6 Å². The summed E-state index contributed by atoms with van der Waals surface area (Å²) in [4.78, 5) is 25.6. The van der Waals surface area contributed by atoms with Gasteiger partial charge in [-0.1, -0.05) is 6.92 Å². The molecule has 0 aliphatic carbocycles. The van der Waals surface area contributed by atoms with Gasteiger partial charge in [-0.3, -0.25) is 14.9 Å². The first kappa shape index (κ1) is 15.7. The van der Waals surface area contributed by atoms with E-state index in [0.717, 1.165) is 6.42 Å². The SMILES string of the molecule is CCC(C)NC(=O)CCNc1cc([N+](=O)[O-])cc(N)n1. The van der Waals surface area contributed by atoms with Gasteiger partial charge in [-0.25, -0.2) is 4.98 Å². The van der Waals surface area contributed by atoms with Crippen LogP contribution in [0, 0.1) is 10.1 Å². The van der Waals surface area contributed by atoms with Gasteiger partial charge in [-0.05, 0) is 13.3 Å². The van der Waals surface area contributed by atoms with Gasteiger partial charge in [0.05, 0.1) is 17.1 Å². The highest BCUT2D eigenvalue weighted by Gasteiger charge is 2.10. The largest absolute Gasteiger partial charge is 0.383 e. The van der Waals surface area contributed by atoms with Crippen LogP contribution < -0.4 is 16.4 Å². The number of carbonyl (C=O) groups excluding carboxylic acids is 1. The third kappa shape index (κ3) is 5.09. The molecule has 4 N–H and O–H groups in total. The van der Waals surface area contributed by atoms with Gasteiger partial charge in [0.2, 0.25) is 5.91 Å². The molecule has 0 aliphatic heterocycles. The van der Waals surface area contributed by atoms with E-state index in [1.807, 2.05) is 13.8 Å². The summed E-state index contributed by atoms with van der Waals surface area (Å²) in [6.07, 6.45) is 1.12. The molecule has 1 atom stereocenters. The molecule has 0 spiro atoms. The zero-order chi connectivity index (χ0) is 15.1. The molecular weight excluding hydrogens is 262 g/mol. The standard InChI is InChI=1S/C12H19N5O3/c1-3-8(2)15-12(18)4-5-14-11-7-9(17(19)20)6-10(13)16-11/h6-8H,3-5H2,1-2H3,(H,15,18)(H3,13,14,16). The maximum Gasteiger partial charge on any atom is 0.276 e. The van der Waals surface area contributed by atoms with Crippen LogP contribution >= 0.6 is 0 Å². The van der Waals surface area contributed by atoms with Crippen LogP contribution in [0.2, 0.25) is 0 Å². The molecule has 0 aromatic carbocycles. The molecule has 1 unspecified atom stereocenters. The van der Waals surface area contributed by atoms with Gasteiger partial charge in [0.15, 0.2) is 0 Å². The Morgan fingerprint density at radius 2 is 2.25 bits per heavy atom. The van der Waals surface area contributed by atoms with E-state index in [1.165, 1.54) is 12.1 Å². The third-order valence-electron chi connectivity index (χ3n) is 2.72. The lowest BCUT2D eigenvalue weighted by atomic mass is 10.2. The number of amides is 1. The summed E-state index contributed by atoms with van der Waals surface area (Å²) in [5, 5.41) is 16.3. The first-order chi connectivity index (χ1) is 9.42. The van der Waals surface area contributed by atoms with E-state index in [-0.39, 0.29) is 35.7 Å². The van der Waals surface area contributed by atoms with Crippen LogP contribution in [0.15, 0.2) is 12.1 Å². The zero-order valence-electron chi connectivity index (χ0n) is 11.5. The number of pyridine rings is 1. The predicted octanol–water partition coefficient (Wildman–Crippen LogP) is 1.29. The molecule has 8 heteroatoms.